The van der Waals surface area contributed by atoms with Crippen LogP contribution < -0.4 is 15.8 Å². The van der Waals surface area contributed by atoms with E-state index in [1.165, 1.54) is 24.4 Å². The lowest BCUT2D eigenvalue weighted by molar-refractivity contribution is -0.126. The van der Waals surface area contributed by atoms with Gasteiger partial charge in [0.1, 0.15) is 11.8 Å². The van der Waals surface area contributed by atoms with Gasteiger partial charge in [-0.05, 0) is 44.0 Å². The summed E-state index contributed by atoms with van der Waals surface area (Å²) in [5.74, 6) is -2.92. The number of aliphatic hydroxyl groups is 1. The number of primary amides is 1. The number of nitrogens with zero attached hydrogens (tertiary/aromatic N) is 1. The lowest BCUT2D eigenvalue weighted by atomic mass is 10.2. The first kappa shape index (κ1) is 25.2. The summed E-state index contributed by atoms with van der Waals surface area (Å²) in [4.78, 5) is 26.5. The highest BCUT2D eigenvalue weighted by molar-refractivity contribution is 5.95. The zero-order valence-electron chi connectivity index (χ0n) is 17.9. The summed E-state index contributed by atoms with van der Waals surface area (Å²) in [6, 6.07) is 6.80. The summed E-state index contributed by atoms with van der Waals surface area (Å²) >= 11 is 0. The molecule has 174 valence electrons. The summed E-state index contributed by atoms with van der Waals surface area (Å²) in [6.45, 7) is 3.81. The highest BCUT2D eigenvalue weighted by Crippen LogP contribution is 2.21. The number of aliphatic hydroxyl groups excluding tert-OH is 1. The predicted octanol–water partition coefficient (Wildman–Crippen LogP) is 2.66. The number of nitrogens with one attached hydrogen (secondary N) is 1. The molecule has 1 fully saturated rings. The molecule has 0 bridgehead atoms. The summed E-state index contributed by atoms with van der Waals surface area (Å²) in [7, 11) is 0. The topological polar surface area (TPSA) is 124 Å². The Hall–Kier alpha value is -3.11. The van der Waals surface area contributed by atoms with Crippen molar-refractivity contribution in [2.24, 2.45) is 11.7 Å². The number of amides is 2. The molecular formula is C22H27F2N3O5. The minimum absolute atomic E-state index is 0.0447. The van der Waals surface area contributed by atoms with Gasteiger partial charge in [0.25, 0.3) is 11.8 Å². The maximum atomic E-state index is 13.0. The standard InChI is InChI=1S/C12H15N3O3.C10H12F2O2/c1-7-2-5-10(18-7)12(17)15-8-3-4-9(11(13)16)14-6-8;1-7(5-13)6-14-9-4-2-3-8(11)10(9)12/h3-4,6-7,10H,2,5H2,1H3,(H2,13,16)(H,15,17);2-4,7,13H,5-6H2,1H3. The zero-order valence-corrected chi connectivity index (χ0v) is 17.9. The zero-order chi connectivity index (χ0) is 23.7. The van der Waals surface area contributed by atoms with Gasteiger partial charge in [0.05, 0.1) is 24.6 Å². The quantitative estimate of drug-likeness (QED) is 0.595. The van der Waals surface area contributed by atoms with E-state index < -0.39 is 23.6 Å². The van der Waals surface area contributed by atoms with E-state index in [0.29, 0.717) is 5.69 Å². The fraction of sp³-hybridized carbons (Fsp3) is 0.409. The molecule has 8 nitrogen and oxygen atoms in total. The van der Waals surface area contributed by atoms with Crippen LogP contribution in [-0.4, -0.2) is 47.3 Å². The van der Waals surface area contributed by atoms with E-state index in [0.717, 1.165) is 18.9 Å². The van der Waals surface area contributed by atoms with Gasteiger partial charge in [-0.1, -0.05) is 13.0 Å². The second-order valence-corrected chi connectivity index (χ2v) is 7.45. The first-order valence-electron chi connectivity index (χ1n) is 10.1. The fourth-order valence-corrected chi connectivity index (χ4v) is 2.71. The Morgan fingerprint density at radius 1 is 1.31 bits per heavy atom. The highest BCUT2D eigenvalue weighted by atomic mass is 19.2. The van der Waals surface area contributed by atoms with Gasteiger partial charge in [-0.2, -0.15) is 4.39 Å². The van der Waals surface area contributed by atoms with Crippen LogP contribution in [0.15, 0.2) is 36.5 Å². The number of benzene rings is 1. The summed E-state index contributed by atoms with van der Waals surface area (Å²) in [5.41, 5.74) is 5.76. The van der Waals surface area contributed by atoms with Crippen molar-refractivity contribution in [1.82, 2.24) is 4.98 Å². The molecule has 0 saturated carbocycles. The Labute approximate surface area is 184 Å². The highest BCUT2D eigenvalue weighted by Gasteiger charge is 2.28. The van der Waals surface area contributed by atoms with Crippen molar-refractivity contribution in [3.63, 3.8) is 0 Å². The molecule has 4 N–H and O–H groups in total. The molecule has 1 aliphatic heterocycles. The number of pyridine rings is 1. The van der Waals surface area contributed by atoms with Gasteiger partial charge >= 0.3 is 0 Å². The molecule has 1 aliphatic rings. The number of nitrogens with two attached hydrogens (primary N) is 1. The number of carbonyl (C=O) groups is 2. The first-order chi connectivity index (χ1) is 15.2. The molecule has 0 spiro atoms. The van der Waals surface area contributed by atoms with Crippen LogP contribution in [0.25, 0.3) is 0 Å². The van der Waals surface area contributed by atoms with Gasteiger partial charge in [-0.3, -0.25) is 9.59 Å². The molecule has 1 aromatic heterocycles. The van der Waals surface area contributed by atoms with Crippen LogP contribution in [0, 0.1) is 17.6 Å². The monoisotopic (exact) mass is 451 g/mol. The number of anilines is 1. The van der Waals surface area contributed by atoms with Gasteiger partial charge in [0.2, 0.25) is 5.82 Å². The average molecular weight is 451 g/mol. The smallest absolute Gasteiger partial charge is 0.267 e. The maximum absolute atomic E-state index is 13.0. The molecule has 3 rings (SSSR count). The van der Waals surface area contributed by atoms with Crippen molar-refractivity contribution in [3.8, 4) is 5.75 Å². The van der Waals surface area contributed by atoms with Crippen molar-refractivity contribution in [1.29, 1.82) is 0 Å². The number of aromatic nitrogens is 1. The number of ether oxygens (including phenoxy) is 2. The molecule has 3 unspecified atom stereocenters. The second-order valence-electron chi connectivity index (χ2n) is 7.45. The van der Waals surface area contributed by atoms with E-state index in [-0.39, 0.29) is 42.6 Å². The van der Waals surface area contributed by atoms with Gasteiger partial charge in [-0.15, -0.1) is 0 Å². The molecule has 10 heteroatoms. The van der Waals surface area contributed by atoms with Crippen LogP contribution in [0.1, 0.15) is 37.2 Å². The van der Waals surface area contributed by atoms with Crippen molar-refractivity contribution >= 4 is 17.5 Å². The van der Waals surface area contributed by atoms with Crippen LogP contribution in [0.3, 0.4) is 0 Å². The lowest BCUT2D eigenvalue weighted by Crippen LogP contribution is -2.27. The summed E-state index contributed by atoms with van der Waals surface area (Å²) in [5, 5.41) is 11.4. The third-order valence-corrected chi connectivity index (χ3v) is 4.56. The Morgan fingerprint density at radius 2 is 2.06 bits per heavy atom. The van der Waals surface area contributed by atoms with Gasteiger partial charge in [-0.25, -0.2) is 9.37 Å². The molecule has 3 atom stereocenters. The number of carbonyl (C=O) groups excluding carboxylic acids is 2. The molecule has 2 heterocycles. The Balaban J connectivity index is 0.000000235. The van der Waals surface area contributed by atoms with Crippen molar-refractivity contribution < 1.29 is 33.0 Å². The number of hydrogen-bond donors (Lipinski definition) is 3. The molecule has 2 amide bonds. The first-order valence-corrected chi connectivity index (χ1v) is 10.1. The average Bonchev–Trinajstić information content (AvgIpc) is 3.22. The number of rotatable bonds is 7. The Bertz CT molecular complexity index is 911. The van der Waals surface area contributed by atoms with Crippen LogP contribution in [-0.2, 0) is 9.53 Å². The van der Waals surface area contributed by atoms with Crippen LogP contribution in [0.4, 0.5) is 14.5 Å². The number of hydrogen-bond acceptors (Lipinski definition) is 6. The normalized spacial score (nSPS) is 18.3. The molecule has 32 heavy (non-hydrogen) atoms. The van der Waals surface area contributed by atoms with Gasteiger partial charge < -0.3 is 25.6 Å². The summed E-state index contributed by atoms with van der Waals surface area (Å²) < 4.78 is 36.1. The van der Waals surface area contributed by atoms with Gasteiger partial charge in [0.15, 0.2) is 11.6 Å². The van der Waals surface area contributed by atoms with E-state index in [9.17, 15) is 18.4 Å². The minimum atomic E-state index is -0.988. The Morgan fingerprint density at radius 3 is 2.62 bits per heavy atom. The van der Waals surface area contributed by atoms with Crippen LogP contribution in [0.2, 0.25) is 0 Å². The van der Waals surface area contributed by atoms with Crippen molar-refractivity contribution in [2.75, 3.05) is 18.5 Å². The molecule has 1 aromatic carbocycles. The van der Waals surface area contributed by atoms with Gasteiger partial charge in [0, 0.05) is 12.5 Å². The van der Waals surface area contributed by atoms with E-state index in [1.54, 1.807) is 13.0 Å². The number of halogens is 2. The van der Waals surface area contributed by atoms with Crippen LogP contribution in [0.5, 0.6) is 5.75 Å². The third-order valence-electron chi connectivity index (χ3n) is 4.56. The fourth-order valence-electron chi connectivity index (χ4n) is 2.71. The predicted molar refractivity (Wildman–Crippen MR) is 113 cm³/mol. The van der Waals surface area contributed by atoms with Crippen molar-refractivity contribution in [2.45, 2.75) is 38.9 Å². The second kappa shape index (κ2) is 12.1. The van der Waals surface area contributed by atoms with E-state index in [2.05, 4.69) is 10.3 Å². The minimum Gasteiger partial charge on any atom is -0.490 e. The maximum Gasteiger partial charge on any atom is 0.267 e. The molecule has 2 aromatic rings. The van der Waals surface area contributed by atoms with E-state index in [1.807, 2.05) is 6.92 Å². The molecule has 1 saturated heterocycles. The SMILES string of the molecule is CC(CO)COc1cccc(F)c1F.CC1CCC(C(=O)Nc2ccc(C(N)=O)nc2)O1. The largest absolute Gasteiger partial charge is 0.490 e. The molecular weight excluding hydrogens is 424 g/mol. The van der Waals surface area contributed by atoms with E-state index >= 15 is 0 Å². The van der Waals surface area contributed by atoms with E-state index in [4.69, 9.17) is 20.3 Å². The molecule has 0 radical (unpaired) electrons. The third kappa shape index (κ3) is 7.54. The Kier molecular flexibility index (Phi) is 9.48. The molecule has 0 aliphatic carbocycles. The lowest BCUT2D eigenvalue weighted by Gasteiger charge is -2.11. The van der Waals surface area contributed by atoms with Crippen LogP contribution >= 0.6 is 0 Å². The van der Waals surface area contributed by atoms with Crippen molar-refractivity contribution in [3.05, 3.63) is 53.9 Å². The summed E-state index contributed by atoms with van der Waals surface area (Å²) in [6.07, 6.45) is 2.72.